The first-order valence-electron chi connectivity index (χ1n) is 5.58. The molecule has 0 spiro atoms. The predicted molar refractivity (Wildman–Crippen MR) is 68.6 cm³/mol. The molecule has 0 aliphatic heterocycles. The lowest BCUT2D eigenvalue weighted by Gasteiger charge is -2.36. The average molecular weight is 222 g/mol. The SMILES string of the molecule is C[C@@H](N)c1ccc(N(C)C(C)(C)CO)cc1. The minimum atomic E-state index is -0.254. The van der Waals surface area contributed by atoms with Crippen LogP contribution in [0.4, 0.5) is 5.69 Å². The first-order valence-corrected chi connectivity index (χ1v) is 5.58. The molecule has 0 fully saturated rings. The van der Waals surface area contributed by atoms with Crippen LogP contribution in [0.5, 0.6) is 0 Å². The first-order chi connectivity index (χ1) is 7.38. The third-order valence-corrected chi connectivity index (χ3v) is 3.10. The number of anilines is 1. The highest BCUT2D eigenvalue weighted by molar-refractivity contribution is 5.49. The van der Waals surface area contributed by atoms with Gasteiger partial charge in [-0.1, -0.05) is 12.1 Å². The molecule has 0 bridgehead atoms. The molecule has 1 aromatic carbocycles. The van der Waals surface area contributed by atoms with E-state index < -0.39 is 0 Å². The van der Waals surface area contributed by atoms with E-state index in [1.54, 1.807) is 0 Å². The molecule has 3 nitrogen and oxygen atoms in total. The highest BCUT2D eigenvalue weighted by atomic mass is 16.3. The van der Waals surface area contributed by atoms with Gasteiger partial charge in [0.15, 0.2) is 0 Å². The van der Waals surface area contributed by atoms with Crippen molar-refractivity contribution in [3.05, 3.63) is 29.8 Å². The van der Waals surface area contributed by atoms with Gasteiger partial charge in [0.25, 0.3) is 0 Å². The van der Waals surface area contributed by atoms with Crippen molar-refractivity contribution in [1.82, 2.24) is 0 Å². The number of benzene rings is 1. The summed E-state index contributed by atoms with van der Waals surface area (Å²) >= 11 is 0. The van der Waals surface area contributed by atoms with Crippen molar-refractivity contribution >= 4 is 5.69 Å². The van der Waals surface area contributed by atoms with Crippen LogP contribution >= 0.6 is 0 Å². The minimum absolute atomic E-state index is 0.0604. The lowest BCUT2D eigenvalue weighted by atomic mass is 10.0. The predicted octanol–water partition coefficient (Wildman–Crippen LogP) is 1.91. The van der Waals surface area contributed by atoms with E-state index in [1.165, 1.54) is 0 Å². The molecular weight excluding hydrogens is 200 g/mol. The zero-order valence-electron chi connectivity index (χ0n) is 10.6. The van der Waals surface area contributed by atoms with Crippen LogP contribution < -0.4 is 10.6 Å². The van der Waals surface area contributed by atoms with Gasteiger partial charge in [0.2, 0.25) is 0 Å². The minimum Gasteiger partial charge on any atom is -0.394 e. The smallest absolute Gasteiger partial charge is 0.0658 e. The summed E-state index contributed by atoms with van der Waals surface area (Å²) in [6.45, 7) is 6.11. The summed E-state index contributed by atoms with van der Waals surface area (Å²) in [5.74, 6) is 0. The van der Waals surface area contributed by atoms with E-state index in [2.05, 4.69) is 4.90 Å². The highest BCUT2D eigenvalue weighted by Crippen LogP contribution is 2.23. The van der Waals surface area contributed by atoms with Crippen LogP contribution in [-0.2, 0) is 0 Å². The van der Waals surface area contributed by atoms with Gasteiger partial charge in [-0.2, -0.15) is 0 Å². The van der Waals surface area contributed by atoms with E-state index in [9.17, 15) is 5.11 Å². The zero-order valence-corrected chi connectivity index (χ0v) is 10.6. The lowest BCUT2D eigenvalue weighted by Crippen LogP contribution is -2.44. The zero-order chi connectivity index (χ0) is 12.3. The van der Waals surface area contributed by atoms with Crippen LogP contribution in [0.1, 0.15) is 32.4 Å². The van der Waals surface area contributed by atoms with E-state index >= 15 is 0 Å². The van der Waals surface area contributed by atoms with Gasteiger partial charge in [-0.25, -0.2) is 0 Å². The maximum absolute atomic E-state index is 9.31. The van der Waals surface area contributed by atoms with Gasteiger partial charge in [0.1, 0.15) is 0 Å². The largest absolute Gasteiger partial charge is 0.394 e. The molecule has 0 unspecified atom stereocenters. The van der Waals surface area contributed by atoms with Crippen molar-refractivity contribution in [3.63, 3.8) is 0 Å². The molecule has 0 amide bonds. The average Bonchev–Trinajstić information content (AvgIpc) is 2.28. The summed E-state index contributed by atoms with van der Waals surface area (Å²) in [6.07, 6.45) is 0. The summed E-state index contributed by atoms with van der Waals surface area (Å²) in [6, 6.07) is 8.20. The number of rotatable bonds is 4. The molecule has 0 aromatic heterocycles. The summed E-state index contributed by atoms with van der Waals surface area (Å²) in [4.78, 5) is 2.07. The molecular formula is C13H22N2O. The molecule has 0 radical (unpaired) electrons. The molecule has 0 aliphatic rings. The van der Waals surface area contributed by atoms with Crippen LogP contribution in [0, 0.1) is 0 Å². The Hall–Kier alpha value is -1.06. The molecule has 3 N–H and O–H groups in total. The molecule has 16 heavy (non-hydrogen) atoms. The Balaban J connectivity index is 2.90. The third-order valence-electron chi connectivity index (χ3n) is 3.10. The Morgan fingerprint density at radius 1 is 1.31 bits per heavy atom. The van der Waals surface area contributed by atoms with E-state index in [4.69, 9.17) is 5.73 Å². The van der Waals surface area contributed by atoms with Gasteiger partial charge in [-0.3, -0.25) is 0 Å². The van der Waals surface area contributed by atoms with Gasteiger partial charge in [0.05, 0.1) is 12.1 Å². The van der Waals surface area contributed by atoms with Gasteiger partial charge in [0, 0.05) is 18.8 Å². The fourth-order valence-corrected chi connectivity index (χ4v) is 1.46. The molecule has 1 rings (SSSR count). The van der Waals surface area contributed by atoms with Crippen molar-refractivity contribution in [2.75, 3.05) is 18.6 Å². The van der Waals surface area contributed by atoms with E-state index in [-0.39, 0.29) is 18.2 Å². The number of nitrogens with zero attached hydrogens (tertiary/aromatic N) is 1. The third kappa shape index (κ3) is 2.74. The maximum Gasteiger partial charge on any atom is 0.0658 e. The number of hydrogen-bond acceptors (Lipinski definition) is 3. The summed E-state index contributed by atoms with van der Waals surface area (Å²) < 4.78 is 0. The van der Waals surface area contributed by atoms with Gasteiger partial charge >= 0.3 is 0 Å². The number of aliphatic hydroxyl groups is 1. The van der Waals surface area contributed by atoms with E-state index in [0.29, 0.717) is 0 Å². The Morgan fingerprint density at radius 2 is 1.81 bits per heavy atom. The highest BCUT2D eigenvalue weighted by Gasteiger charge is 2.22. The fraction of sp³-hybridized carbons (Fsp3) is 0.538. The number of nitrogens with two attached hydrogens (primary N) is 1. The summed E-state index contributed by atoms with van der Waals surface area (Å²) in [5.41, 5.74) is 7.75. The van der Waals surface area contributed by atoms with E-state index in [0.717, 1.165) is 11.3 Å². The van der Waals surface area contributed by atoms with Crippen LogP contribution in [-0.4, -0.2) is 24.3 Å². The van der Waals surface area contributed by atoms with Gasteiger partial charge in [-0.15, -0.1) is 0 Å². The molecule has 1 aromatic rings. The maximum atomic E-state index is 9.31. The second kappa shape index (κ2) is 4.85. The molecule has 1 atom stereocenters. The summed E-state index contributed by atoms with van der Waals surface area (Å²) in [5, 5.41) is 9.31. The summed E-state index contributed by atoms with van der Waals surface area (Å²) in [7, 11) is 1.98. The Morgan fingerprint density at radius 3 is 2.19 bits per heavy atom. The van der Waals surface area contributed by atoms with Crippen LogP contribution in [0.15, 0.2) is 24.3 Å². The monoisotopic (exact) mass is 222 g/mol. The number of hydrogen-bond donors (Lipinski definition) is 2. The van der Waals surface area contributed by atoms with Crippen molar-refractivity contribution in [2.45, 2.75) is 32.4 Å². The Labute approximate surface area is 97.9 Å². The van der Waals surface area contributed by atoms with Crippen molar-refractivity contribution in [1.29, 1.82) is 0 Å². The van der Waals surface area contributed by atoms with E-state index in [1.807, 2.05) is 52.1 Å². The normalized spacial score (nSPS) is 13.6. The first kappa shape index (κ1) is 13.0. The Bertz CT molecular complexity index is 330. The van der Waals surface area contributed by atoms with Gasteiger partial charge < -0.3 is 15.7 Å². The molecule has 0 saturated carbocycles. The fourth-order valence-electron chi connectivity index (χ4n) is 1.46. The van der Waals surface area contributed by atoms with Crippen LogP contribution in [0.2, 0.25) is 0 Å². The Kier molecular flexibility index (Phi) is 3.94. The molecule has 0 heterocycles. The molecule has 0 aliphatic carbocycles. The van der Waals surface area contributed by atoms with Crippen LogP contribution in [0.3, 0.4) is 0 Å². The lowest BCUT2D eigenvalue weighted by molar-refractivity contribution is 0.216. The van der Waals surface area contributed by atoms with Crippen molar-refractivity contribution in [3.8, 4) is 0 Å². The van der Waals surface area contributed by atoms with Crippen LogP contribution in [0.25, 0.3) is 0 Å². The second-order valence-electron chi connectivity index (χ2n) is 4.91. The molecule has 0 saturated heterocycles. The van der Waals surface area contributed by atoms with Crippen molar-refractivity contribution < 1.29 is 5.11 Å². The second-order valence-corrected chi connectivity index (χ2v) is 4.91. The molecule has 90 valence electrons. The topological polar surface area (TPSA) is 49.5 Å². The number of aliphatic hydroxyl groups excluding tert-OH is 1. The number of likely N-dealkylation sites (N-methyl/N-ethyl adjacent to an activating group) is 1. The van der Waals surface area contributed by atoms with Gasteiger partial charge in [-0.05, 0) is 38.5 Å². The van der Waals surface area contributed by atoms with Crippen molar-refractivity contribution in [2.24, 2.45) is 5.73 Å². The quantitative estimate of drug-likeness (QED) is 0.818. The standard InChI is InChI=1S/C13H22N2O/c1-10(14)11-5-7-12(8-6-11)15(4)13(2,3)9-16/h5-8,10,16H,9,14H2,1-4H3/t10-/m1/s1. The molecule has 3 heteroatoms.